The average Bonchev–Trinajstić information content (AvgIpc) is 3.91. The van der Waals surface area contributed by atoms with E-state index in [9.17, 15) is 14.2 Å². The SMILES string of the molecule is CCCCC/C=C\C/C=C\C/C=C\C/C=C\CCCCCC(=O)O[C@H](COC(=O)CCC/C=C\CC1OC1C/C=C\C/C=C\CCCCC)COP(=O)(O)O. The van der Waals surface area contributed by atoms with Crippen molar-refractivity contribution < 1.29 is 42.7 Å². The molecular formula is C45H73O9P. The van der Waals surface area contributed by atoms with Crippen LogP contribution in [0.1, 0.15) is 155 Å². The smallest absolute Gasteiger partial charge is 0.462 e. The summed E-state index contributed by atoms with van der Waals surface area (Å²) in [5.74, 6) is -1.00. The second-order valence-corrected chi connectivity index (χ2v) is 15.2. The highest BCUT2D eigenvalue weighted by molar-refractivity contribution is 7.46. The molecule has 0 aromatic carbocycles. The van der Waals surface area contributed by atoms with Crippen molar-refractivity contribution in [3.05, 3.63) is 85.1 Å². The van der Waals surface area contributed by atoms with Gasteiger partial charge in [0.05, 0.1) is 18.8 Å². The molecule has 1 aliphatic heterocycles. The average molecular weight is 789 g/mol. The Kier molecular flexibility index (Phi) is 32.5. The third kappa shape index (κ3) is 35.4. The van der Waals surface area contributed by atoms with Crippen molar-refractivity contribution in [2.24, 2.45) is 0 Å². The lowest BCUT2D eigenvalue weighted by Gasteiger charge is -2.18. The Bertz CT molecular complexity index is 1230. The molecule has 0 spiro atoms. The highest BCUT2D eigenvalue weighted by Crippen LogP contribution is 2.36. The zero-order chi connectivity index (χ0) is 40.1. The molecular weight excluding hydrogens is 715 g/mol. The first-order valence-electron chi connectivity index (χ1n) is 21.0. The standard InChI is InChI=1S/C45H73O9P/c1-3-5-7-9-11-13-14-15-16-17-18-19-20-21-22-24-26-28-34-38-45(47)53-41(40-52-55(48,49)50)39-51-44(46)37-33-30-29-32-36-43-42(54-43)35-31-27-25-23-12-10-8-6-4-2/h11-13,15-16,18-19,21-23,27,29,31-32,41-43H,3-10,14,17,20,24-26,28,30,33-40H2,1-2H3,(H2,48,49,50)/b13-11-,16-15-,19-18-,22-21-,23-12-,31-27-,32-29-/t41-,42?,43?/m1/s1. The van der Waals surface area contributed by atoms with Gasteiger partial charge >= 0.3 is 19.8 Å². The predicted octanol–water partition coefficient (Wildman–Crippen LogP) is 11.8. The molecule has 312 valence electrons. The van der Waals surface area contributed by atoms with Gasteiger partial charge in [-0.1, -0.05) is 131 Å². The number of hydrogen-bond acceptors (Lipinski definition) is 7. The minimum absolute atomic E-state index is 0.154. The fourth-order valence-electron chi connectivity index (χ4n) is 5.51. The number of phosphoric acid groups is 1. The van der Waals surface area contributed by atoms with E-state index in [1.54, 1.807) is 0 Å². The summed E-state index contributed by atoms with van der Waals surface area (Å²) in [6, 6.07) is 0. The van der Waals surface area contributed by atoms with Crippen molar-refractivity contribution >= 4 is 19.8 Å². The second-order valence-electron chi connectivity index (χ2n) is 14.0. The highest BCUT2D eigenvalue weighted by Gasteiger charge is 2.36. The monoisotopic (exact) mass is 788 g/mol. The number of hydrogen-bond donors (Lipinski definition) is 2. The summed E-state index contributed by atoms with van der Waals surface area (Å²) < 4.78 is 32.1. The van der Waals surface area contributed by atoms with E-state index in [4.69, 9.17) is 24.0 Å². The zero-order valence-corrected chi connectivity index (χ0v) is 34.9. The molecule has 3 atom stereocenters. The largest absolute Gasteiger partial charge is 0.469 e. The van der Waals surface area contributed by atoms with Crippen LogP contribution in [0.25, 0.3) is 0 Å². The normalized spacial score (nSPS) is 17.0. The first-order valence-corrected chi connectivity index (χ1v) is 22.5. The number of rotatable bonds is 36. The molecule has 0 aromatic heterocycles. The van der Waals surface area contributed by atoms with Gasteiger partial charge in [-0.05, 0) is 96.3 Å². The van der Waals surface area contributed by atoms with Crippen LogP contribution in [-0.4, -0.2) is 53.3 Å². The van der Waals surface area contributed by atoms with Crippen molar-refractivity contribution in [1.82, 2.24) is 0 Å². The molecule has 0 amide bonds. The van der Waals surface area contributed by atoms with Gasteiger partial charge in [0.1, 0.15) is 6.61 Å². The quantitative estimate of drug-likeness (QED) is 0.0209. The van der Waals surface area contributed by atoms with Crippen LogP contribution in [0.15, 0.2) is 85.1 Å². The summed E-state index contributed by atoms with van der Waals surface area (Å²) in [6.45, 7) is 3.53. The van der Waals surface area contributed by atoms with Gasteiger partial charge in [0, 0.05) is 12.8 Å². The minimum Gasteiger partial charge on any atom is -0.462 e. The molecule has 0 saturated carbocycles. The Hall–Kier alpha value is -2.81. The molecule has 55 heavy (non-hydrogen) atoms. The maximum atomic E-state index is 12.4. The molecule has 1 saturated heterocycles. The fraction of sp³-hybridized carbons (Fsp3) is 0.644. The number of carbonyl (C=O) groups excluding carboxylic acids is 2. The summed E-state index contributed by atoms with van der Waals surface area (Å²) in [7, 11) is -4.79. The van der Waals surface area contributed by atoms with E-state index in [1.807, 2.05) is 6.08 Å². The van der Waals surface area contributed by atoms with E-state index < -0.39 is 32.5 Å². The maximum absolute atomic E-state index is 12.4. The first-order chi connectivity index (χ1) is 26.7. The number of phosphoric ester groups is 1. The Labute approximate surface area is 333 Å². The van der Waals surface area contributed by atoms with Crippen molar-refractivity contribution in [3.8, 4) is 0 Å². The molecule has 0 bridgehead atoms. The Morgan fingerprint density at radius 3 is 1.53 bits per heavy atom. The molecule has 0 aliphatic carbocycles. The number of epoxide rings is 1. The van der Waals surface area contributed by atoms with E-state index in [0.717, 1.165) is 64.2 Å². The van der Waals surface area contributed by atoms with E-state index >= 15 is 0 Å². The van der Waals surface area contributed by atoms with Crippen molar-refractivity contribution in [3.63, 3.8) is 0 Å². The number of carbonyl (C=O) groups is 2. The predicted molar refractivity (Wildman–Crippen MR) is 224 cm³/mol. The van der Waals surface area contributed by atoms with Crippen LogP contribution in [-0.2, 0) is 32.9 Å². The zero-order valence-electron chi connectivity index (χ0n) is 34.0. The summed E-state index contributed by atoms with van der Waals surface area (Å²) >= 11 is 0. The molecule has 1 rings (SSSR count). The maximum Gasteiger partial charge on any atom is 0.469 e. The lowest BCUT2D eigenvalue weighted by molar-refractivity contribution is -0.161. The van der Waals surface area contributed by atoms with Crippen LogP contribution in [0, 0.1) is 0 Å². The summed E-state index contributed by atoms with van der Waals surface area (Å²) in [5, 5.41) is 0. The van der Waals surface area contributed by atoms with Crippen LogP contribution in [0.4, 0.5) is 0 Å². The van der Waals surface area contributed by atoms with Gasteiger partial charge in [0.25, 0.3) is 0 Å². The van der Waals surface area contributed by atoms with Crippen molar-refractivity contribution in [1.29, 1.82) is 0 Å². The van der Waals surface area contributed by atoms with E-state index in [2.05, 4.69) is 97.4 Å². The molecule has 2 unspecified atom stereocenters. The van der Waals surface area contributed by atoms with Gasteiger partial charge in [-0.2, -0.15) is 0 Å². The Balaban J connectivity index is 2.15. The van der Waals surface area contributed by atoms with Crippen LogP contribution >= 0.6 is 7.82 Å². The molecule has 10 heteroatoms. The lowest BCUT2D eigenvalue weighted by Crippen LogP contribution is -2.29. The van der Waals surface area contributed by atoms with E-state index in [-0.39, 0.29) is 31.7 Å². The summed E-state index contributed by atoms with van der Waals surface area (Å²) in [6.07, 6.45) is 50.4. The molecule has 2 N–H and O–H groups in total. The topological polar surface area (TPSA) is 132 Å². The third-order valence-electron chi connectivity index (χ3n) is 8.79. The van der Waals surface area contributed by atoms with Crippen LogP contribution in [0.2, 0.25) is 0 Å². The number of esters is 2. The fourth-order valence-corrected chi connectivity index (χ4v) is 5.87. The summed E-state index contributed by atoms with van der Waals surface area (Å²) in [5.41, 5.74) is 0. The Morgan fingerprint density at radius 2 is 1.00 bits per heavy atom. The van der Waals surface area contributed by atoms with Gasteiger partial charge in [-0.3, -0.25) is 14.1 Å². The van der Waals surface area contributed by atoms with Crippen molar-refractivity contribution in [2.75, 3.05) is 13.2 Å². The number of allylic oxidation sites excluding steroid dienone is 12. The minimum atomic E-state index is -4.79. The summed E-state index contributed by atoms with van der Waals surface area (Å²) in [4.78, 5) is 42.9. The number of unbranched alkanes of at least 4 members (excludes halogenated alkanes) is 10. The van der Waals surface area contributed by atoms with E-state index in [1.165, 1.54) is 44.9 Å². The number of ether oxygens (including phenoxy) is 3. The molecule has 1 fully saturated rings. The van der Waals surface area contributed by atoms with Crippen molar-refractivity contribution in [2.45, 2.75) is 173 Å². The molecule has 9 nitrogen and oxygen atoms in total. The lowest BCUT2D eigenvalue weighted by atomic mass is 10.1. The first kappa shape index (κ1) is 50.2. The molecule has 0 aromatic rings. The second kappa shape index (κ2) is 35.6. The van der Waals surface area contributed by atoms with Gasteiger partial charge in [-0.25, -0.2) is 4.57 Å². The highest BCUT2D eigenvalue weighted by atomic mass is 31.2. The molecule has 1 aliphatic rings. The van der Waals surface area contributed by atoms with E-state index in [0.29, 0.717) is 19.3 Å². The Morgan fingerprint density at radius 1 is 0.564 bits per heavy atom. The van der Waals surface area contributed by atoms with Crippen LogP contribution in [0.3, 0.4) is 0 Å². The van der Waals surface area contributed by atoms with Gasteiger partial charge in [0.15, 0.2) is 6.10 Å². The van der Waals surface area contributed by atoms with Gasteiger partial charge in [-0.15, -0.1) is 0 Å². The molecule has 1 heterocycles. The van der Waals surface area contributed by atoms with Crippen LogP contribution in [0.5, 0.6) is 0 Å². The molecule has 0 radical (unpaired) electrons. The van der Waals surface area contributed by atoms with Crippen LogP contribution < -0.4 is 0 Å². The van der Waals surface area contributed by atoms with Gasteiger partial charge < -0.3 is 24.0 Å². The van der Waals surface area contributed by atoms with Gasteiger partial charge in [0.2, 0.25) is 0 Å². The third-order valence-corrected chi connectivity index (χ3v) is 9.27.